The maximum atomic E-state index is 10.2. The lowest BCUT2D eigenvalue weighted by molar-refractivity contribution is -0.104. The maximum absolute atomic E-state index is 10.2. The molecule has 0 saturated heterocycles. The number of benzene rings is 2. The Labute approximate surface area is 174 Å². The van der Waals surface area contributed by atoms with Crippen LogP contribution in [0.1, 0.15) is 66.5 Å². The van der Waals surface area contributed by atoms with Gasteiger partial charge in [-0.25, -0.2) is 0 Å². The molecule has 29 heavy (non-hydrogen) atoms. The van der Waals surface area contributed by atoms with Crippen LogP contribution in [0.15, 0.2) is 48.6 Å². The van der Waals surface area contributed by atoms with Gasteiger partial charge in [-0.15, -0.1) is 0 Å². The molecule has 2 aromatic carbocycles. The predicted molar refractivity (Wildman–Crippen MR) is 121 cm³/mol. The fraction of sp³-hybridized carbons (Fsp3) is 0.333. The number of aryl methyl sites for hydroxylation is 1. The quantitative estimate of drug-likeness (QED) is 0.479. The van der Waals surface area contributed by atoms with Gasteiger partial charge in [-0.3, -0.25) is 9.59 Å². The van der Waals surface area contributed by atoms with E-state index in [9.17, 15) is 9.59 Å². The molecule has 2 aromatic rings. The SMILES string of the molecule is CC1(C)Cc2ccc(C=CC=O)cc2C1.CC1CCc2ccc(C=CC=O)cc21. The normalized spacial score (nSPS) is 18.9. The van der Waals surface area contributed by atoms with Crippen molar-refractivity contribution in [3.05, 3.63) is 81.9 Å². The third-order valence-electron chi connectivity index (χ3n) is 5.85. The highest BCUT2D eigenvalue weighted by Crippen LogP contribution is 2.36. The molecule has 0 bridgehead atoms. The van der Waals surface area contributed by atoms with Crippen LogP contribution in [-0.4, -0.2) is 12.6 Å². The predicted octanol–water partition coefficient (Wildman–Crippen LogP) is 5.97. The van der Waals surface area contributed by atoms with Crippen LogP contribution in [0.3, 0.4) is 0 Å². The number of carbonyl (C=O) groups excluding carboxylic acids is 2. The van der Waals surface area contributed by atoms with E-state index in [-0.39, 0.29) is 0 Å². The van der Waals surface area contributed by atoms with E-state index in [0.717, 1.165) is 30.1 Å². The molecule has 1 unspecified atom stereocenters. The van der Waals surface area contributed by atoms with E-state index in [1.54, 1.807) is 12.2 Å². The van der Waals surface area contributed by atoms with E-state index in [4.69, 9.17) is 0 Å². The number of fused-ring (bicyclic) bond motifs is 2. The van der Waals surface area contributed by atoms with Crippen molar-refractivity contribution in [1.29, 1.82) is 0 Å². The van der Waals surface area contributed by atoms with Crippen molar-refractivity contribution in [2.45, 2.75) is 52.4 Å². The van der Waals surface area contributed by atoms with Crippen molar-refractivity contribution in [1.82, 2.24) is 0 Å². The minimum atomic E-state index is 0.398. The average molecular weight is 387 g/mol. The third-order valence-corrected chi connectivity index (χ3v) is 5.85. The molecule has 0 aromatic heterocycles. The molecule has 1 atom stereocenters. The molecule has 2 aliphatic carbocycles. The van der Waals surface area contributed by atoms with Crippen molar-refractivity contribution in [2.75, 3.05) is 0 Å². The minimum Gasteiger partial charge on any atom is -0.299 e. The Morgan fingerprint density at radius 3 is 2.07 bits per heavy atom. The second-order valence-electron chi connectivity index (χ2n) is 8.93. The highest BCUT2D eigenvalue weighted by molar-refractivity contribution is 5.74. The highest BCUT2D eigenvalue weighted by atomic mass is 16.1. The van der Waals surface area contributed by atoms with Crippen molar-refractivity contribution < 1.29 is 9.59 Å². The summed E-state index contributed by atoms with van der Waals surface area (Å²) in [7, 11) is 0. The van der Waals surface area contributed by atoms with Crippen LogP contribution in [-0.2, 0) is 28.9 Å². The fourth-order valence-corrected chi connectivity index (χ4v) is 4.41. The molecular weight excluding hydrogens is 356 g/mol. The lowest BCUT2D eigenvalue weighted by atomic mass is 9.90. The van der Waals surface area contributed by atoms with Gasteiger partial charge in [0.25, 0.3) is 0 Å². The number of aldehydes is 2. The standard InChI is InChI=1S/C14H16O.C13H14O/c1-14(2)9-12-6-5-11(4-3-7-15)8-13(12)10-14;1-10-4-6-12-7-5-11(3-2-8-14)9-13(10)12/h3-8H,9-10H2,1-2H3;2-3,5,7-10H,4,6H2,1H3. The summed E-state index contributed by atoms with van der Waals surface area (Å²) >= 11 is 0. The molecule has 0 saturated carbocycles. The van der Waals surface area contributed by atoms with Gasteiger partial charge in [-0.2, -0.15) is 0 Å². The zero-order valence-electron chi connectivity index (χ0n) is 17.7. The highest BCUT2D eigenvalue weighted by Gasteiger charge is 2.27. The van der Waals surface area contributed by atoms with Gasteiger partial charge in [-0.1, -0.05) is 69.3 Å². The van der Waals surface area contributed by atoms with Crippen molar-refractivity contribution >= 4 is 24.7 Å². The first kappa shape index (κ1) is 21.0. The summed E-state index contributed by atoms with van der Waals surface area (Å²) in [6, 6.07) is 12.9. The molecule has 2 heteroatoms. The van der Waals surface area contributed by atoms with Gasteiger partial charge in [0.05, 0.1) is 0 Å². The largest absolute Gasteiger partial charge is 0.299 e. The molecule has 0 heterocycles. The van der Waals surface area contributed by atoms with Crippen molar-refractivity contribution in [3.63, 3.8) is 0 Å². The van der Waals surface area contributed by atoms with Gasteiger partial charge in [0.1, 0.15) is 12.6 Å². The molecule has 2 aliphatic rings. The van der Waals surface area contributed by atoms with Gasteiger partial charge >= 0.3 is 0 Å². The topological polar surface area (TPSA) is 34.1 Å². The lowest BCUT2D eigenvalue weighted by Crippen LogP contribution is -2.09. The molecule has 0 fully saturated rings. The number of allylic oxidation sites excluding steroid dienone is 2. The molecule has 0 N–H and O–H groups in total. The monoisotopic (exact) mass is 386 g/mol. The van der Waals surface area contributed by atoms with Crippen LogP contribution in [0.5, 0.6) is 0 Å². The molecule has 0 aliphatic heterocycles. The Hall–Kier alpha value is -2.74. The van der Waals surface area contributed by atoms with E-state index < -0.39 is 0 Å². The summed E-state index contributed by atoms with van der Waals surface area (Å²) in [6.07, 6.45) is 13.2. The first-order valence-electron chi connectivity index (χ1n) is 10.4. The molecule has 4 rings (SSSR count). The van der Waals surface area contributed by atoms with E-state index in [2.05, 4.69) is 57.2 Å². The summed E-state index contributed by atoms with van der Waals surface area (Å²) in [4.78, 5) is 20.4. The molecule has 150 valence electrons. The zero-order valence-corrected chi connectivity index (χ0v) is 17.7. The molecule has 2 nitrogen and oxygen atoms in total. The fourth-order valence-electron chi connectivity index (χ4n) is 4.41. The van der Waals surface area contributed by atoms with E-state index in [1.165, 1.54) is 41.5 Å². The molecule has 0 radical (unpaired) electrons. The summed E-state index contributed by atoms with van der Waals surface area (Å²) in [6.45, 7) is 6.86. The van der Waals surface area contributed by atoms with Crippen LogP contribution in [0.2, 0.25) is 0 Å². The Morgan fingerprint density at radius 2 is 1.41 bits per heavy atom. The minimum absolute atomic E-state index is 0.398. The van der Waals surface area contributed by atoms with Gasteiger partial charge in [0.2, 0.25) is 0 Å². The van der Waals surface area contributed by atoms with Crippen LogP contribution < -0.4 is 0 Å². The Morgan fingerprint density at radius 1 is 0.828 bits per heavy atom. The first-order chi connectivity index (χ1) is 13.9. The smallest absolute Gasteiger partial charge is 0.142 e. The van der Waals surface area contributed by atoms with Crippen molar-refractivity contribution in [2.24, 2.45) is 5.41 Å². The van der Waals surface area contributed by atoms with Crippen LogP contribution in [0, 0.1) is 5.41 Å². The lowest BCUT2D eigenvalue weighted by Gasteiger charge is -2.14. The van der Waals surface area contributed by atoms with E-state index >= 15 is 0 Å². The number of rotatable bonds is 4. The zero-order chi connectivity index (χ0) is 20.9. The van der Waals surface area contributed by atoms with Gasteiger partial charge in [-0.05, 0) is 82.5 Å². The number of carbonyl (C=O) groups is 2. The summed E-state index contributed by atoms with van der Waals surface area (Å²) in [5.74, 6) is 0.676. The van der Waals surface area contributed by atoms with E-state index in [0.29, 0.717) is 11.3 Å². The van der Waals surface area contributed by atoms with Gasteiger partial charge in [0, 0.05) is 0 Å². The average Bonchev–Trinajstić information content (AvgIpc) is 3.22. The van der Waals surface area contributed by atoms with Crippen LogP contribution >= 0.6 is 0 Å². The third kappa shape index (κ3) is 5.41. The van der Waals surface area contributed by atoms with Gasteiger partial charge in [0.15, 0.2) is 0 Å². The maximum Gasteiger partial charge on any atom is 0.142 e. The van der Waals surface area contributed by atoms with Crippen LogP contribution in [0.25, 0.3) is 12.2 Å². The van der Waals surface area contributed by atoms with Gasteiger partial charge < -0.3 is 0 Å². The Balaban J connectivity index is 0.000000166. The second kappa shape index (κ2) is 9.17. The molecule has 0 amide bonds. The summed E-state index contributed by atoms with van der Waals surface area (Å²) < 4.78 is 0. The van der Waals surface area contributed by atoms with Crippen molar-refractivity contribution in [3.8, 4) is 0 Å². The van der Waals surface area contributed by atoms with Crippen LogP contribution in [0.4, 0.5) is 0 Å². The summed E-state index contributed by atoms with van der Waals surface area (Å²) in [5.41, 5.74) is 8.48. The number of hydrogen-bond donors (Lipinski definition) is 0. The first-order valence-corrected chi connectivity index (χ1v) is 10.4. The molecular formula is C27H30O2. The van der Waals surface area contributed by atoms with E-state index in [1.807, 2.05) is 12.2 Å². The Kier molecular flexibility index (Phi) is 6.64. The summed E-state index contributed by atoms with van der Waals surface area (Å²) in [5, 5.41) is 0. The molecule has 0 spiro atoms. The Bertz CT molecular complexity index is 947. The number of hydrogen-bond acceptors (Lipinski definition) is 2. The second-order valence-corrected chi connectivity index (χ2v) is 8.93.